The van der Waals surface area contributed by atoms with Gasteiger partial charge in [0.05, 0.1) is 0 Å². The first kappa shape index (κ1) is 15.1. The van der Waals surface area contributed by atoms with E-state index in [2.05, 4.69) is 40.6 Å². The maximum Gasteiger partial charge on any atom is 0.137 e. The van der Waals surface area contributed by atoms with Crippen LogP contribution in [0.3, 0.4) is 0 Å². The molecule has 1 saturated carbocycles. The fourth-order valence-electron chi connectivity index (χ4n) is 4.20. The first-order chi connectivity index (χ1) is 12.4. The van der Waals surface area contributed by atoms with Crippen molar-refractivity contribution in [3.8, 4) is 0 Å². The van der Waals surface area contributed by atoms with Crippen LogP contribution in [-0.4, -0.2) is 50.9 Å². The Morgan fingerprint density at radius 3 is 2.44 bits per heavy atom. The molecule has 1 atom stereocenters. The molecule has 7 nitrogen and oxygen atoms in total. The van der Waals surface area contributed by atoms with E-state index >= 15 is 0 Å². The molecule has 0 N–H and O–H groups in total. The van der Waals surface area contributed by atoms with E-state index in [0.29, 0.717) is 12.0 Å². The molecule has 0 radical (unpaired) electrons. The van der Waals surface area contributed by atoms with Crippen molar-refractivity contribution in [2.75, 3.05) is 36.0 Å². The number of piperidine rings is 1. The minimum atomic E-state index is 0.446. The minimum Gasteiger partial charge on any atom is -0.356 e. The van der Waals surface area contributed by atoms with Gasteiger partial charge in [0.15, 0.2) is 0 Å². The van der Waals surface area contributed by atoms with Crippen LogP contribution in [0.5, 0.6) is 0 Å². The van der Waals surface area contributed by atoms with Crippen molar-refractivity contribution in [1.29, 1.82) is 0 Å². The van der Waals surface area contributed by atoms with Gasteiger partial charge < -0.3 is 14.4 Å². The van der Waals surface area contributed by atoms with E-state index in [9.17, 15) is 0 Å². The van der Waals surface area contributed by atoms with Crippen molar-refractivity contribution >= 4 is 11.6 Å². The summed E-state index contributed by atoms with van der Waals surface area (Å²) in [6.45, 7) is 4.26. The summed E-state index contributed by atoms with van der Waals surface area (Å²) in [6, 6.07) is 2.81. The molecule has 132 valence electrons. The second-order valence-corrected chi connectivity index (χ2v) is 7.54. The summed E-state index contributed by atoms with van der Waals surface area (Å²) in [5.41, 5.74) is 0. The maximum atomic E-state index is 4.57. The van der Waals surface area contributed by atoms with Gasteiger partial charge in [-0.2, -0.15) is 0 Å². The predicted molar refractivity (Wildman–Crippen MR) is 96.0 cm³/mol. The quantitative estimate of drug-likeness (QED) is 0.852. The molecule has 2 aliphatic heterocycles. The monoisotopic (exact) mass is 339 g/mol. The van der Waals surface area contributed by atoms with E-state index in [4.69, 9.17) is 0 Å². The third-order valence-corrected chi connectivity index (χ3v) is 5.72. The Morgan fingerprint density at radius 1 is 0.880 bits per heavy atom. The highest BCUT2D eigenvalue weighted by Crippen LogP contribution is 2.38. The predicted octanol–water partition coefficient (Wildman–Crippen LogP) is 2.39. The highest BCUT2D eigenvalue weighted by Gasteiger charge is 2.31. The molecule has 3 fully saturated rings. The lowest BCUT2D eigenvalue weighted by molar-refractivity contribution is 0.469. The van der Waals surface area contributed by atoms with E-state index < -0.39 is 0 Å². The summed E-state index contributed by atoms with van der Waals surface area (Å²) in [7, 11) is 0. The Kier molecular flexibility index (Phi) is 3.79. The van der Waals surface area contributed by atoms with E-state index in [1.54, 1.807) is 6.33 Å². The summed E-state index contributed by atoms with van der Waals surface area (Å²) < 4.78 is 2.31. The molecule has 1 aliphatic carbocycles. The summed E-state index contributed by atoms with van der Waals surface area (Å²) in [5.74, 6) is 3.74. The van der Waals surface area contributed by atoms with Crippen LogP contribution in [0.25, 0.3) is 0 Å². The number of hydrogen-bond acceptors (Lipinski definition) is 6. The fourth-order valence-corrected chi connectivity index (χ4v) is 4.20. The molecule has 4 heterocycles. The van der Waals surface area contributed by atoms with Gasteiger partial charge in [0, 0.05) is 44.2 Å². The molecule has 1 unspecified atom stereocenters. The zero-order valence-corrected chi connectivity index (χ0v) is 14.6. The number of anilines is 2. The van der Waals surface area contributed by atoms with Gasteiger partial charge in [-0.3, -0.25) is 0 Å². The summed E-state index contributed by atoms with van der Waals surface area (Å²) >= 11 is 0. The van der Waals surface area contributed by atoms with E-state index in [-0.39, 0.29) is 0 Å². The largest absolute Gasteiger partial charge is 0.356 e. The van der Waals surface area contributed by atoms with Gasteiger partial charge in [-0.05, 0) is 38.5 Å². The van der Waals surface area contributed by atoms with Crippen molar-refractivity contribution in [3.05, 3.63) is 24.5 Å². The minimum absolute atomic E-state index is 0.446. The van der Waals surface area contributed by atoms with E-state index in [0.717, 1.165) is 37.8 Å². The third kappa shape index (κ3) is 2.96. The van der Waals surface area contributed by atoms with Gasteiger partial charge in [0.1, 0.15) is 30.1 Å². The van der Waals surface area contributed by atoms with Crippen molar-refractivity contribution in [2.24, 2.45) is 0 Å². The van der Waals surface area contributed by atoms with E-state index in [1.807, 2.05) is 6.33 Å². The van der Waals surface area contributed by atoms with Crippen molar-refractivity contribution < 1.29 is 0 Å². The molecule has 2 aromatic rings. The molecule has 5 rings (SSSR count). The second kappa shape index (κ2) is 6.28. The molecule has 0 amide bonds. The first-order valence-electron chi connectivity index (χ1n) is 9.60. The smallest absolute Gasteiger partial charge is 0.137 e. The Bertz CT molecular complexity index is 733. The van der Waals surface area contributed by atoms with Gasteiger partial charge >= 0.3 is 0 Å². The molecule has 2 saturated heterocycles. The van der Waals surface area contributed by atoms with E-state index in [1.165, 1.54) is 44.3 Å². The zero-order chi connectivity index (χ0) is 16.6. The highest BCUT2D eigenvalue weighted by molar-refractivity contribution is 5.51. The molecule has 25 heavy (non-hydrogen) atoms. The number of hydrogen-bond donors (Lipinski definition) is 0. The van der Waals surface area contributed by atoms with Gasteiger partial charge in [-0.15, -0.1) is 10.2 Å². The topological polar surface area (TPSA) is 63.0 Å². The lowest BCUT2D eigenvalue weighted by Gasteiger charge is -2.33. The van der Waals surface area contributed by atoms with Crippen LogP contribution in [0.1, 0.15) is 56.3 Å². The Morgan fingerprint density at radius 2 is 1.64 bits per heavy atom. The van der Waals surface area contributed by atoms with Crippen LogP contribution in [0.4, 0.5) is 11.6 Å². The standard InChI is InChI=1S/C18H25N7/c1-2-8-23(7-1)16-10-17(20-12-19-16)24-9-3-4-14(11-24)18-22-21-13-25(18)15-5-6-15/h10,12-15H,1-9,11H2. The Labute approximate surface area is 148 Å². The molecular weight excluding hydrogens is 314 g/mol. The molecular formula is C18H25N7. The molecule has 0 spiro atoms. The van der Waals surface area contributed by atoms with Gasteiger partial charge in [-0.1, -0.05) is 0 Å². The molecule has 2 aromatic heterocycles. The second-order valence-electron chi connectivity index (χ2n) is 7.54. The van der Waals surface area contributed by atoms with Crippen LogP contribution < -0.4 is 9.80 Å². The molecule has 7 heteroatoms. The van der Waals surface area contributed by atoms with Crippen molar-refractivity contribution in [3.63, 3.8) is 0 Å². The SMILES string of the molecule is c1nc(N2CCCC2)cc(N2CCCC(c3nncn3C3CC3)C2)n1. The normalized spacial score (nSPS) is 24.1. The average molecular weight is 339 g/mol. The van der Waals surface area contributed by atoms with Gasteiger partial charge in [-0.25, -0.2) is 9.97 Å². The zero-order valence-electron chi connectivity index (χ0n) is 14.6. The summed E-state index contributed by atoms with van der Waals surface area (Å²) in [4.78, 5) is 13.8. The van der Waals surface area contributed by atoms with Gasteiger partial charge in [0.25, 0.3) is 0 Å². The summed E-state index contributed by atoms with van der Waals surface area (Å²) in [5, 5.41) is 8.64. The molecule has 0 bridgehead atoms. The average Bonchev–Trinajstić information content (AvgIpc) is 3.16. The maximum absolute atomic E-state index is 4.57. The Balaban J connectivity index is 1.35. The van der Waals surface area contributed by atoms with Crippen molar-refractivity contribution in [2.45, 2.75) is 50.5 Å². The van der Waals surface area contributed by atoms with Crippen LogP contribution >= 0.6 is 0 Å². The molecule has 3 aliphatic rings. The number of aromatic nitrogens is 5. The lowest BCUT2D eigenvalue weighted by atomic mass is 9.97. The van der Waals surface area contributed by atoms with Gasteiger partial charge in [0.2, 0.25) is 0 Å². The lowest BCUT2D eigenvalue weighted by Crippen LogP contribution is -2.36. The van der Waals surface area contributed by atoms with Crippen LogP contribution in [0.15, 0.2) is 18.7 Å². The van der Waals surface area contributed by atoms with Crippen LogP contribution in [-0.2, 0) is 0 Å². The third-order valence-electron chi connectivity index (χ3n) is 5.72. The van der Waals surface area contributed by atoms with Crippen LogP contribution in [0, 0.1) is 0 Å². The van der Waals surface area contributed by atoms with Crippen molar-refractivity contribution in [1.82, 2.24) is 24.7 Å². The Hall–Kier alpha value is -2.18. The molecule has 0 aromatic carbocycles. The summed E-state index contributed by atoms with van der Waals surface area (Å²) in [6.07, 6.45) is 11.1. The fraction of sp³-hybridized carbons (Fsp3) is 0.667. The van der Waals surface area contributed by atoms with Crippen LogP contribution in [0.2, 0.25) is 0 Å². The number of nitrogens with zero attached hydrogens (tertiary/aromatic N) is 7. The first-order valence-corrected chi connectivity index (χ1v) is 9.60. The highest BCUT2D eigenvalue weighted by atomic mass is 15.3. The number of rotatable bonds is 4.